The van der Waals surface area contributed by atoms with E-state index in [1.165, 1.54) is 11.3 Å². The fourth-order valence-corrected chi connectivity index (χ4v) is 4.34. The van der Waals surface area contributed by atoms with Crippen LogP contribution < -0.4 is 4.72 Å². The van der Waals surface area contributed by atoms with Crippen LogP contribution in [0.2, 0.25) is 4.34 Å². The lowest BCUT2D eigenvalue weighted by atomic mass is 10.2. The van der Waals surface area contributed by atoms with Gasteiger partial charge in [-0.15, -0.1) is 11.3 Å². The Morgan fingerprint density at radius 3 is 2.68 bits per heavy atom. The number of hydrogen-bond donors (Lipinski definition) is 1. The van der Waals surface area contributed by atoms with E-state index >= 15 is 0 Å². The molecule has 0 saturated heterocycles. The number of thiophene rings is 1. The first-order chi connectivity index (χ1) is 10.4. The van der Waals surface area contributed by atoms with Crippen LogP contribution in [0.15, 0.2) is 36.4 Å². The van der Waals surface area contributed by atoms with Gasteiger partial charge in [0.15, 0.2) is 0 Å². The second-order valence-electron chi connectivity index (χ2n) is 4.96. The van der Waals surface area contributed by atoms with Crippen LogP contribution in [0.25, 0.3) is 0 Å². The first kappa shape index (κ1) is 17.4. The normalized spacial score (nSPS) is 13.2. The SMILES string of the molecule is COC(CNS(=O)(=O)Cc1cccc(C)c1)c1ccc(Cl)s1. The summed E-state index contributed by atoms with van der Waals surface area (Å²) >= 11 is 7.28. The van der Waals surface area contributed by atoms with E-state index in [1.807, 2.05) is 31.2 Å². The monoisotopic (exact) mass is 359 g/mol. The minimum atomic E-state index is -3.42. The van der Waals surface area contributed by atoms with Crippen molar-refractivity contribution in [1.29, 1.82) is 0 Å². The van der Waals surface area contributed by atoms with E-state index in [1.54, 1.807) is 19.2 Å². The summed E-state index contributed by atoms with van der Waals surface area (Å²) in [6.07, 6.45) is -0.343. The first-order valence-electron chi connectivity index (χ1n) is 6.70. The molecule has 120 valence electrons. The number of ether oxygens (including phenoxy) is 1. The van der Waals surface area contributed by atoms with E-state index < -0.39 is 10.0 Å². The van der Waals surface area contributed by atoms with Gasteiger partial charge in [-0.1, -0.05) is 41.4 Å². The Balaban J connectivity index is 1.99. The highest BCUT2D eigenvalue weighted by molar-refractivity contribution is 7.88. The minimum Gasteiger partial charge on any atom is -0.375 e. The largest absolute Gasteiger partial charge is 0.375 e. The molecule has 0 aliphatic carbocycles. The van der Waals surface area contributed by atoms with Gasteiger partial charge in [-0.2, -0.15) is 0 Å². The number of nitrogens with one attached hydrogen (secondary N) is 1. The zero-order valence-corrected chi connectivity index (χ0v) is 14.8. The second-order valence-corrected chi connectivity index (χ2v) is 8.52. The number of aryl methyl sites for hydroxylation is 1. The predicted molar refractivity (Wildman–Crippen MR) is 90.9 cm³/mol. The van der Waals surface area contributed by atoms with E-state index in [9.17, 15) is 8.42 Å². The van der Waals surface area contributed by atoms with Crippen LogP contribution in [0, 0.1) is 6.92 Å². The molecular formula is C15H18ClNO3S2. The molecule has 1 unspecified atom stereocenters. The van der Waals surface area contributed by atoms with Gasteiger partial charge in [-0.3, -0.25) is 0 Å². The van der Waals surface area contributed by atoms with Crippen molar-refractivity contribution in [2.45, 2.75) is 18.8 Å². The van der Waals surface area contributed by atoms with Crippen molar-refractivity contribution >= 4 is 33.0 Å². The Labute approximate surface area is 140 Å². The zero-order chi connectivity index (χ0) is 16.2. The van der Waals surface area contributed by atoms with Crippen molar-refractivity contribution in [1.82, 2.24) is 4.72 Å². The third-order valence-corrected chi connectivity index (χ3v) is 5.77. The summed E-state index contributed by atoms with van der Waals surface area (Å²) in [5.41, 5.74) is 1.80. The standard InChI is InChI=1S/C15H18ClNO3S2/c1-11-4-3-5-12(8-11)10-22(18,19)17-9-13(20-2)14-6-7-15(16)21-14/h3-8,13,17H,9-10H2,1-2H3. The summed E-state index contributed by atoms with van der Waals surface area (Å²) in [5.74, 6) is -0.0453. The zero-order valence-electron chi connectivity index (χ0n) is 12.4. The van der Waals surface area contributed by atoms with Crippen LogP contribution >= 0.6 is 22.9 Å². The van der Waals surface area contributed by atoms with E-state index in [4.69, 9.17) is 16.3 Å². The Hall–Kier alpha value is -0.920. The molecule has 2 rings (SSSR count). The van der Waals surface area contributed by atoms with Gasteiger partial charge < -0.3 is 4.74 Å². The van der Waals surface area contributed by atoms with Crippen LogP contribution in [0.5, 0.6) is 0 Å². The van der Waals surface area contributed by atoms with Crippen LogP contribution in [0.1, 0.15) is 22.1 Å². The highest BCUT2D eigenvalue weighted by Crippen LogP contribution is 2.28. The van der Waals surface area contributed by atoms with Crippen LogP contribution in [0.4, 0.5) is 0 Å². The summed E-state index contributed by atoms with van der Waals surface area (Å²) < 4.78 is 32.9. The summed E-state index contributed by atoms with van der Waals surface area (Å²) in [6, 6.07) is 11.1. The molecule has 22 heavy (non-hydrogen) atoms. The molecule has 0 saturated carbocycles. The van der Waals surface area contributed by atoms with E-state index in [2.05, 4.69) is 4.72 Å². The lowest BCUT2D eigenvalue weighted by molar-refractivity contribution is 0.110. The van der Waals surface area contributed by atoms with Crippen LogP contribution in [-0.4, -0.2) is 22.1 Å². The van der Waals surface area contributed by atoms with Crippen molar-refractivity contribution in [3.05, 3.63) is 56.7 Å². The molecule has 1 heterocycles. The quantitative estimate of drug-likeness (QED) is 0.822. The summed E-state index contributed by atoms with van der Waals surface area (Å²) in [4.78, 5) is 0.894. The van der Waals surface area contributed by atoms with Crippen molar-refractivity contribution in [3.63, 3.8) is 0 Å². The Morgan fingerprint density at radius 2 is 2.09 bits per heavy atom. The van der Waals surface area contributed by atoms with Crippen LogP contribution in [-0.2, 0) is 20.5 Å². The van der Waals surface area contributed by atoms with Gasteiger partial charge >= 0.3 is 0 Å². The van der Waals surface area contributed by atoms with Gasteiger partial charge in [-0.05, 0) is 24.6 Å². The third kappa shape index (κ3) is 5.07. The summed E-state index contributed by atoms with van der Waals surface area (Å²) in [7, 11) is -1.87. The Kier molecular flexibility index (Phi) is 6.00. The lowest BCUT2D eigenvalue weighted by Crippen LogP contribution is -2.30. The van der Waals surface area contributed by atoms with E-state index in [-0.39, 0.29) is 18.4 Å². The lowest BCUT2D eigenvalue weighted by Gasteiger charge is -2.15. The average molecular weight is 360 g/mol. The first-order valence-corrected chi connectivity index (χ1v) is 9.55. The van der Waals surface area contributed by atoms with Crippen molar-refractivity contribution in [2.24, 2.45) is 0 Å². The van der Waals surface area contributed by atoms with E-state index in [0.717, 1.165) is 16.0 Å². The molecular weight excluding hydrogens is 342 g/mol. The minimum absolute atomic E-state index is 0.0453. The maximum atomic E-state index is 12.2. The molecule has 0 aliphatic rings. The van der Waals surface area contributed by atoms with Gasteiger partial charge in [0.1, 0.15) is 6.10 Å². The average Bonchev–Trinajstić information content (AvgIpc) is 2.85. The molecule has 2 aromatic rings. The molecule has 4 nitrogen and oxygen atoms in total. The Bertz CT molecular complexity index is 728. The second kappa shape index (κ2) is 7.57. The molecule has 0 amide bonds. The van der Waals surface area contributed by atoms with Crippen molar-refractivity contribution < 1.29 is 13.2 Å². The molecule has 1 aromatic carbocycles. The summed E-state index contributed by atoms with van der Waals surface area (Å²) in [6.45, 7) is 2.12. The number of sulfonamides is 1. The van der Waals surface area contributed by atoms with Gasteiger partial charge in [0.05, 0.1) is 10.1 Å². The number of benzene rings is 1. The number of methoxy groups -OCH3 is 1. The molecule has 0 fully saturated rings. The molecule has 0 bridgehead atoms. The topological polar surface area (TPSA) is 55.4 Å². The molecule has 1 N–H and O–H groups in total. The van der Waals surface area contributed by atoms with Crippen molar-refractivity contribution in [2.75, 3.05) is 13.7 Å². The molecule has 0 aliphatic heterocycles. The maximum absolute atomic E-state index is 12.2. The molecule has 1 atom stereocenters. The smallest absolute Gasteiger partial charge is 0.215 e. The van der Waals surface area contributed by atoms with Gasteiger partial charge in [-0.25, -0.2) is 13.1 Å². The molecule has 1 aromatic heterocycles. The van der Waals surface area contributed by atoms with E-state index in [0.29, 0.717) is 4.34 Å². The fraction of sp³-hybridized carbons (Fsp3) is 0.333. The Morgan fingerprint density at radius 1 is 1.32 bits per heavy atom. The third-order valence-electron chi connectivity index (χ3n) is 3.12. The van der Waals surface area contributed by atoms with Gasteiger partial charge in [0, 0.05) is 18.5 Å². The fourth-order valence-electron chi connectivity index (χ4n) is 2.08. The molecule has 0 spiro atoms. The van der Waals surface area contributed by atoms with Crippen LogP contribution in [0.3, 0.4) is 0 Å². The highest BCUT2D eigenvalue weighted by Gasteiger charge is 2.18. The maximum Gasteiger partial charge on any atom is 0.215 e. The molecule has 7 heteroatoms. The predicted octanol–water partition coefficient (Wildman–Crippen LogP) is 3.52. The number of rotatable bonds is 7. The molecule has 0 radical (unpaired) electrons. The highest BCUT2D eigenvalue weighted by atomic mass is 35.5. The summed E-state index contributed by atoms with van der Waals surface area (Å²) in [5, 5.41) is 0. The van der Waals surface area contributed by atoms with Gasteiger partial charge in [0.25, 0.3) is 0 Å². The van der Waals surface area contributed by atoms with Gasteiger partial charge in [0.2, 0.25) is 10.0 Å². The number of hydrogen-bond acceptors (Lipinski definition) is 4. The van der Waals surface area contributed by atoms with Crippen molar-refractivity contribution in [3.8, 4) is 0 Å². The number of halogens is 1.